The molecule has 3 rings (SSSR count). The van der Waals surface area contributed by atoms with Crippen LogP contribution in [0.25, 0.3) is 0 Å². The van der Waals surface area contributed by atoms with Crippen LogP contribution in [0.2, 0.25) is 5.02 Å². The molecule has 116 valence electrons. The molecular weight excluding hydrogens is 282 g/mol. The van der Waals surface area contributed by atoms with Crippen molar-refractivity contribution in [2.75, 3.05) is 5.32 Å². The predicted octanol–water partition coefficient (Wildman–Crippen LogP) is 5.51. The number of halogens is 1. The van der Waals surface area contributed by atoms with Gasteiger partial charge >= 0.3 is 0 Å². The number of hydrogen-bond acceptors (Lipinski definition) is 2. The number of rotatable bonds is 5. The van der Waals surface area contributed by atoms with Crippen molar-refractivity contribution in [3.8, 4) is 5.75 Å². The summed E-state index contributed by atoms with van der Waals surface area (Å²) in [5.74, 6) is 2.76. The highest BCUT2D eigenvalue weighted by molar-refractivity contribution is 6.32. The van der Waals surface area contributed by atoms with Crippen LogP contribution in [0.1, 0.15) is 52.4 Å². The van der Waals surface area contributed by atoms with Crippen molar-refractivity contribution in [3.63, 3.8) is 0 Å². The zero-order valence-electron chi connectivity index (χ0n) is 13.1. The van der Waals surface area contributed by atoms with Crippen LogP contribution in [0.3, 0.4) is 0 Å². The third-order valence-corrected chi connectivity index (χ3v) is 4.96. The molecule has 2 unspecified atom stereocenters. The third-order valence-electron chi connectivity index (χ3n) is 4.67. The van der Waals surface area contributed by atoms with Gasteiger partial charge in [-0.1, -0.05) is 24.4 Å². The second-order valence-corrected chi connectivity index (χ2v) is 7.32. The third kappa shape index (κ3) is 4.06. The van der Waals surface area contributed by atoms with Crippen LogP contribution in [0.4, 0.5) is 5.69 Å². The summed E-state index contributed by atoms with van der Waals surface area (Å²) in [7, 11) is 0. The largest absolute Gasteiger partial charge is 0.489 e. The van der Waals surface area contributed by atoms with Gasteiger partial charge in [-0.3, -0.25) is 0 Å². The zero-order chi connectivity index (χ0) is 14.8. The lowest BCUT2D eigenvalue weighted by atomic mass is 9.82. The van der Waals surface area contributed by atoms with Gasteiger partial charge < -0.3 is 10.1 Å². The Balaban J connectivity index is 1.60. The molecule has 2 fully saturated rings. The Labute approximate surface area is 133 Å². The van der Waals surface area contributed by atoms with Crippen molar-refractivity contribution >= 4 is 17.3 Å². The van der Waals surface area contributed by atoms with Gasteiger partial charge in [0.15, 0.2) is 0 Å². The molecule has 1 aromatic carbocycles. The van der Waals surface area contributed by atoms with Crippen molar-refractivity contribution in [1.82, 2.24) is 0 Å². The molecule has 1 aromatic rings. The average molecular weight is 308 g/mol. The maximum atomic E-state index is 6.32. The van der Waals surface area contributed by atoms with Crippen molar-refractivity contribution in [2.24, 2.45) is 11.8 Å². The minimum atomic E-state index is 0.152. The molecule has 3 heteroatoms. The minimum absolute atomic E-state index is 0.152. The smallest absolute Gasteiger partial charge is 0.138 e. The average Bonchev–Trinajstić information content (AvgIpc) is 3.26. The predicted molar refractivity (Wildman–Crippen MR) is 89.3 cm³/mol. The summed E-state index contributed by atoms with van der Waals surface area (Å²) in [6.45, 7) is 4.03. The van der Waals surface area contributed by atoms with E-state index in [-0.39, 0.29) is 6.10 Å². The van der Waals surface area contributed by atoms with E-state index in [1.807, 2.05) is 26.0 Å². The van der Waals surface area contributed by atoms with Crippen molar-refractivity contribution in [2.45, 2.75) is 64.5 Å². The van der Waals surface area contributed by atoms with Gasteiger partial charge in [0.2, 0.25) is 0 Å². The minimum Gasteiger partial charge on any atom is -0.489 e. The SMILES string of the molecule is CC(C)Oc1ccc(NC2CCCC(C3CC3)C2)cc1Cl. The van der Waals surface area contributed by atoms with E-state index in [1.165, 1.54) is 38.5 Å². The molecule has 21 heavy (non-hydrogen) atoms. The summed E-state index contributed by atoms with van der Waals surface area (Å²) in [6.07, 6.45) is 8.48. The number of hydrogen-bond donors (Lipinski definition) is 1. The van der Waals surface area contributed by atoms with Gasteiger partial charge in [-0.15, -0.1) is 0 Å². The van der Waals surface area contributed by atoms with Crippen molar-refractivity contribution < 1.29 is 4.74 Å². The van der Waals surface area contributed by atoms with Gasteiger partial charge in [0.1, 0.15) is 5.75 Å². The van der Waals surface area contributed by atoms with Gasteiger partial charge in [-0.25, -0.2) is 0 Å². The van der Waals surface area contributed by atoms with Crippen LogP contribution in [-0.2, 0) is 0 Å². The summed E-state index contributed by atoms with van der Waals surface area (Å²) in [5.41, 5.74) is 1.12. The van der Waals surface area contributed by atoms with E-state index in [0.717, 1.165) is 23.3 Å². The van der Waals surface area contributed by atoms with Gasteiger partial charge in [-0.2, -0.15) is 0 Å². The van der Waals surface area contributed by atoms with Crippen LogP contribution in [0, 0.1) is 11.8 Å². The van der Waals surface area contributed by atoms with E-state index in [1.54, 1.807) is 0 Å². The molecule has 0 amide bonds. The first-order chi connectivity index (χ1) is 10.1. The molecule has 2 aliphatic rings. The number of benzene rings is 1. The molecule has 0 aromatic heterocycles. The number of anilines is 1. The van der Waals surface area contributed by atoms with Gasteiger partial charge in [0, 0.05) is 11.7 Å². The number of ether oxygens (including phenoxy) is 1. The highest BCUT2D eigenvalue weighted by atomic mass is 35.5. The molecule has 0 heterocycles. The second-order valence-electron chi connectivity index (χ2n) is 6.92. The normalized spacial score (nSPS) is 25.9. The topological polar surface area (TPSA) is 21.3 Å². The number of nitrogens with one attached hydrogen (secondary N) is 1. The van der Waals surface area contributed by atoms with Crippen LogP contribution < -0.4 is 10.1 Å². The van der Waals surface area contributed by atoms with Crippen LogP contribution in [0.5, 0.6) is 5.75 Å². The Bertz CT molecular complexity index is 484. The van der Waals surface area contributed by atoms with E-state index in [4.69, 9.17) is 16.3 Å². The van der Waals surface area contributed by atoms with Crippen molar-refractivity contribution in [1.29, 1.82) is 0 Å². The standard InChI is InChI=1S/C18H26ClNO/c1-12(2)21-18-9-8-16(11-17(18)19)20-15-5-3-4-14(10-15)13-6-7-13/h8-9,11-15,20H,3-7,10H2,1-2H3. The fraction of sp³-hybridized carbons (Fsp3) is 0.667. The molecule has 2 nitrogen and oxygen atoms in total. The van der Waals surface area contributed by atoms with Gasteiger partial charge in [0.05, 0.1) is 11.1 Å². The Hall–Kier alpha value is -0.890. The summed E-state index contributed by atoms with van der Waals surface area (Å²) in [4.78, 5) is 0. The van der Waals surface area contributed by atoms with E-state index in [9.17, 15) is 0 Å². The van der Waals surface area contributed by atoms with Gasteiger partial charge in [-0.05, 0) is 69.6 Å². The van der Waals surface area contributed by atoms with E-state index < -0.39 is 0 Å². The molecule has 2 aliphatic carbocycles. The van der Waals surface area contributed by atoms with Crippen LogP contribution in [-0.4, -0.2) is 12.1 Å². The highest BCUT2D eigenvalue weighted by Crippen LogP contribution is 2.44. The molecule has 1 N–H and O–H groups in total. The monoisotopic (exact) mass is 307 g/mol. The molecule has 0 saturated heterocycles. The Kier molecular flexibility index (Phi) is 4.63. The van der Waals surface area contributed by atoms with Crippen LogP contribution >= 0.6 is 11.6 Å². The first kappa shape index (κ1) is 15.0. The first-order valence-corrected chi connectivity index (χ1v) is 8.72. The Morgan fingerprint density at radius 3 is 2.62 bits per heavy atom. The summed E-state index contributed by atoms with van der Waals surface area (Å²) in [5, 5.41) is 4.37. The Morgan fingerprint density at radius 2 is 1.95 bits per heavy atom. The fourth-order valence-electron chi connectivity index (χ4n) is 3.53. The lowest BCUT2D eigenvalue weighted by Crippen LogP contribution is -2.28. The summed E-state index contributed by atoms with van der Waals surface area (Å²) >= 11 is 6.32. The maximum absolute atomic E-state index is 6.32. The highest BCUT2D eigenvalue weighted by Gasteiger charge is 2.34. The summed E-state index contributed by atoms with van der Waals surface area (Å²) < 4.78 is 5.69. The second kappa shape index (κ2) is 6.48. The van der Waals surface area contributed by atoms with E-state index in [0.29, 0.717) is 11.1 Å². The van der Waals surface area contributed by atoms with Crippen molar-refractivity contribution in [3.05, 3.63) is 23.2 Å². The summed E-state index contributed by atoms with van der Waals surface area (Å²) in [6, 6.07) is 6.67. The quantitative estimate of drug-likeness (QED) is 0.774. The molecule has 0 aliphatic heterocycles. The molecule has 0 spiro atoms. The fourth-order valence-corrected chi connectivity index (χ4v) is 3.76. The molecule has 0 bridgehead atoms. The zero-order valence-corrected chi connectivity index (χ0v) is 13.8. The lowest BCUT2D eigenvalue weighted by molar-refractivity contribution is 0.242. The molecule has 0 radical (unpaired) electrons. The maximum Gasteiger partial charge on any atom is 0.138 e. The molecular formula is C18H26ClNO. The van der Waals surface area contributed by atoms with Crippen LogP contribution in [0.15, 0.2) is 18.2 Å². The van der Waals surface area contributed by atoms with E-state index in [2.05, 4.69) is 11.4 Å². The molecule has 2 saturated carbocycles. The van der Waals surface area contributed by atoms with E-state index >= 15 is 0 Å². The molecule has 2 atom stereocenters. The van der Waals surface area contributed by atoms with Gasteiger partial charge in [0.25, 0.3) is 0 Å². The first-order valence-electron chi connectivity index (χ1n) is 8.34. The lowest BCUT2D eigenvalue weighted by Gasteiger charge is -2.30. The Morgan fingerprint density at radius 1 is 1.14 bits per heavy atom.